The summed E-state index contributed by atoms with van der Waals surface area (Å²) < 4.78 is 28.2. The van der Waals surface area contributed by atoms with Gasteiger partial charge in [-0.05, 0) is 145 Å². The molecule has 0 saturated heterocycles. The minimum absolute atomic E-state index is 0.00387. The molecule has 3 aliphatic rings. The lowest BCUT2D eigenvalue weighted by molar-refractivity contribution is -0.167. The first-order valence-corrected chi connectivity index (χ1v) is 28.1. The number of ketones is 1. The summed E-state index contributed by atoms with van der Waals surface area (Å²) >= 11 is 0. The van der Waals surface area contributed by atoms with E-state index in [2.05, 4.69) is 52.0 Å². The summed E-state index contributed by atoms with van der Waals surface area (Å²) in [6.07, 6.45) is 39.3. The van der Waals surface area contributed by atoms with Gasteiger partial charge in [0.25, 0.3) is 0 Å². The number of Topliss-reactive ketones (excluding diaryl/α,β-unsaturated/α-hetero) is 1. The lowest BCUT2D eigenvalue weighted by atomic mass is 9.56. The molecule has 0 aliphatic heterocycles. The highest BCUT2D eigenvalue weighted by atomic mass is 16.7. The van der Waals surface area contributed by atoms with E-state index in [0.717, 1.165) is 134 Å². The van der Waals surface area contributed by atoms with Gasteiger partial charge in [-0.25, -0.2) is 0 Å². The Morgan fingerprint density at radius 1 is 0.588 bits per heavy atom. The van der Waals surface area contributed by atoms with E-state index in [-0.39, 0.29) is 61.8 Å². The van der Waals surface area contributed by atoms with Crippen LogP contribution in [0.5, 0.6) is 0 Å². The van der Waals surface area contributed by atoms with E-state index in [1.54, 1.807) is 0 Å². The van der Waals surface area contributed by atoms with Gasteiger partial charge in [0.1, 0.15) is 19.0 Å². The molecule has 390 valence electrons. The number of carbonyl (C=O) groups is 5. The summed E-state index contributed by atoms with van der Waals surface area (Å²) in [4.78, 5) is 63.1. The molecule has 1 unspecified atom stereocenters. The van der Waals surface area contributed by atoms with Crippen LogP contribution >= 0.6 is 0 Å². The topological polar surface area (TPSA) is 132 Å². The van der Waals surface area contributed by atoms with E-state index in [4.69, 9.17) is 23.7 Å². The molecule has 0 bridgehead atoms. The zero-order chi connectivity index (χ0) is 49.2. The zero-order valence-corrected chi connectivity index (χ0v) is 43.9. The van der Waals surface area contributed by atoms with Crippen molar-refractivity contribution in [3.63, 3.8) is 0 Å². The highest BCUT2D eigenvalue weighted by molar-refractivity contribution is 5.79. The normalized spacial score (nSPS) is 23.8. The molecule has 3 aliphatic carbocycles. The molecule has 3 saturated carbocycles. The van der Waals surface area contributed by atoms with E-state index in [0.29, 0.717) is 55.6 Å². The Bertz CT molecular complexity index is 1430. The lowest BCUT2D eigenvalue weighted by Gasteiger charge is -2.49. The van der Waals surface area contributed by atoms with Gasteiger partial charge in [0.2, 0.25) is 0 Å². The predicted molar refractivity (Wildman–Crippen MR) is 272 cm³/mol. The summed E-state index contributed by atoms with van der Waals surface area (Å²) in [6.45, 7) is 10.5. The Labute approximate surface area is 414 Å². The van der Waals surface area contributed by atoms with Crippen molar-refractivity contribution in [1.82, 2.24) is 0 Å². The molecule has 0 aromatic carbocycles. The molecule has 10 nitrogen and oxygen atoms in total. The molecule has 0 radical (unpaired) electrons. The van der Waals surface area contributed by atoms with Gasteiger partial charge in [-0.1, -0.05) is 129 Å². The van der Waals surface area contributed by atoms with Gasteiger partial charge in [-0.3, -0.25) is 24.0 Å². The third kappa shape index (κ3) is 24.2. The number of carbonyl (C=O) groups excluding carboxylic acids is 5. The van der Waals surface area contributed by atoms with Crippen molar-refractivity contribution >= 4 is 29.7 Å². The van der Waals surface area contributed by atoms with Crippen LogP contribution in [-0.4, -0.2) is 61.9 Å². The van der Waals surface area contributed by atoms with Crippen LogP contribution in [0.25, 0.3) is 0 Å². The van der Waals surface area contributed by atoms with Gasteiger partial charge in [0.15, 0.2) is 12.9 Å². The van der Waals surface area contributed by atoms with Crippen molar-refractivity contribution in [2.24, 2.45) is 35.0 Å². The number of fused-ring (bicyclic) bond motifs is 1. The Kier molecular flexibility index (Phi) is 31.4. The minimum atomic E-state index is -0.861. The first kappa shape index (κ1) is 59.3. The largest absolute Gasteiger partial charge is 0.462 e. The highest BCUT2D eigenvalue weighted by Crippen LogP contribution is 2.60. The van der Waals surface area contributed by atoms with E-state index in [9.17, 15) is 24.0 Å². The second-order valence-electron chi connectivity index (χ2n) is 21.0. The second-order valence-corrected chi connectivity index (χ2v) is 21.0. The molecule has 0 amide bonds. The van der Waals surface area contributed by atoms with Crippen LogP contribution in [-0.2, 0) is 47.7 Å². The predicted octanol–water partition coefficient (Wildman–Crippen LogP) is 14.6. The van der Waals surface area contributed by atoms with Gasteiger partial charge >= 0.3 is 23.9 Å². The summed E-state index contributed by atoms with van der Waals surface area (Å²) in [5, 5.41) is 0. The van der Waals surface area contributed by atoms with E-state index in [1.165, 1.54) is 44.9 Å². The monoisotopic (exact) mass is 955 g/mol. The van der Waals surface area contributed by atoms with Gasteiger partial charge < -0.3 is 23.7 Å². The molecule has 0 heterocycles. The number of esters is 4. The van der Waals surface area contributed by atoms with E-state index >= 15 is 0 Å². The van der Waals surface area contributed by atoms with Gasteiger partial charge in [-0.15, -0.1) is 0 Å². The Hall–Kier alpha value is -3.01. The Balaban J connectivity index is 1.29. The van der Waals surface area contributed by atoms with Crippen molar-refractivity contribution in [2.45, 2.75) is 259 Å². The Morgan fingerprint density at radius 3 is 1.66 bits per heavy atom. The average Bonchev–Trinajstić information content (AvgIpc) is 3.69. The van der Waals surface area contributed by atoms with Crippen molar-refractivity contribution in [2.75, 3.05) is 20.0 Å². The quantitative estimate of drug-likeness (QED) is 0.0194. The number of unbranched alkanes of at least 4 members (excludes halogenated alkanes) is 13. The molecule has 0 N–H and O–H groups in total. The van der Waals surface area contributed by atoms with Crippen LogP contribution in [0.15, 0.2) is 24.3 Å². The number of hydrogen-bond donors (Lipinski definition) is 0. The molecule has 7 atom stereocenters. The van der Waals surface area contributed by atoms with Crippen LogP contribution < -0.4 is 0 Å². The van der Waals surface area contributed by atoms with Gasteiger partial charge in [0, 0.05) is 31.6 Å². The summed E-state index contributed by atoms with van der Waals surface area (Å²) in [5.74, 6) is 2.06. The maximum atomic E-state index is 12.9. The van der Waals surface area contributed by atoms with Crippen LogP contribution in [0.4, 0.5) is 0 Å². The Morgan fingerprint density at radius 2 is 1.12 bits per heavy atom. The average molecular weight is 955 g/mol. The summed E-state index contributed by atoms with van der Waals surface area (Å²) in [6, 6.07) is 0. The van der Waals surface area contributed by atoms with Crippen molar-refractivity contribution < 1.29 is 47.7 Å². The molecular weight excluding hydrogens is 857 g/mol. The molecule has 10 heteroatoms. The van der Waals surface area contributed by atoms with Gasteiger partial charge in [0.05, 0.1) is 6.10 Å². The van der Waals surface area contributed by atoms with Crippen LogP contribution in [0.1, 0.15) is 247 Å². The third-order valence-electron chi connectivity index (χ3n) is 15.7. The fraction of sp³-hybridized carbons (Fsp3) is 0.845. The van der Waals surface area contributed by atoms with E-state index < -0.39 is 12.1 Å². The first-order chi connectivity index (χ1) is 33.0. The smallest absolute Gasteiger partial charge is 0.307 e. The molecule has 3 fully saturated rings. The molecular formula is C58H98O10. The molecule has 0 aromatic heterocycles. The number of rotatable bonds is 38. The summed E-state index contributed by atoms with van der Waals surface area (Å²) in [7, 11) is 0. The van der Waals surface area contributed by atoms with Crippen LogP contribution in [0.2, 0.25) is 0 Å². The molecule has 3 rings (SSSR count). The SMILES string of the molecule is CC/C=C\CCCCCCCC(=O)OCC(COC(=O)CCCCCCC/C=C\CC)OC(=O)CCCCCCC(=O)OCO[C@@H]1CCC[C@@H](CC[C@@H]2[C@@H](CC)CC[C@]3(C)C(C(C)=O)CC[C@@H]23)C1. The summed E-state index contributed by atoms with van der Waals surface area (Å²) in [5.41, 5.74) is 0.179. The second kappa shape index (κ2) is 36.0. The molecule has 0 spiro atoms. The third-order valence-corrected chi connectivity index (χ3v) is 15.7. The standard InChI is InChI=1S/C58H98O10/c1-6-9-11-13-15-17-19-21-25-32-54(60)64-43-50(44-65-55(61)33-26-22-20-18-16-14-12-10-7-2)68-57(63)35-28-24-23-27-34-56(62)67-45-66-49-31-29-30-47(42-49)36-37-51-48(8-3)40-41-58(5)52(46(4)59)38-39-53(51)58/h9-12,47-53H,6-8,13-45H2,1-5H3/b11-9-,12-10-/t47-,48-,49+,51+,52?,53-,58+/m0/s1. The number of allylic oxidation sites excluding steroid dienone is 4. The van der Waals surface area contributed by atoms with Crippen LogP contribution in [0, 0.1) is 35.0 Å². The molecule has 68 heavy (non-hydrogen) atoms. The van der Waals surface area contributed by atoms with Gasteiger partial charge in [-0.2, -0.15) is 0 Å². The maximum Gasteiger partial charge on any atom is 0.307 e. The number of ether oxygens (including phenoxy) is 5. The fourth-order valence-electron chi connectivity index (χ4n) is 11.8. The first-order valence-electron chi connectivity index (χ1n) is 28.1. The van der Waals surface area contributed by atoms with Crippen molar-refractivity contribution in [1.29, 1.82) is 0 Å². The maximum absolute atomic E-state index is 12.9. The van der Waals surface area contributed by atoms with Crippen molar-refractivity contribution in [3.8, 4) is 0 Å². The van der Waals surface area contributed by atoms with Crippen LogP contribution in [0.3, 0.4) is 0 Å². The van der Waals surface area contributed by atoms with Crippen molar-refractivity contribution in [3.05, 3.63) is 24.3 Å². The zero-order valence-electron chi connectivity index (χ0n) is 43.9. The highest BCUT2D eigenvalue weighted by Gasteiger charge is 2.54. The lowest BCUT2D eigenvalue weighted by Crippen LogP contribution is -2.43. The number of hydrogen-bond acceptors (Lipinski definition) is 10. The minimum Gasteiger partial charge on any atom is -0.462 e. The molecule has 0 aromatic rings. The van der Waals surface area contributed by atoms with E-state index in [1.807, 2.05) is 6.92 Å². The fourth-order valence-corrected chi connectivity index (χ4v) is 11.8.